The molecule has 23 heavy (non-hydrogen) atoms. The first-order valence-corrected chi connectivity index (χ1v) is 7.19. The number of pyridine rings is 2. The molecule has 6 nitrogen and oxygen atoms in total. The number of aromatic nitrogens is 2. The molecule has 116 valence electrons. The summed E-state index contributed by atoms with van der Waals surface area (Å²) in [5.74, 6) is 0.635. The van der Waals surface area contributed by atoms with Crippen LogP contribution < -0.4 is 11.1 Å². The van der Waals surface area contributed by atoms with Crippen LogP contribution >= 0.6 is 11.6 Å². The van der Waals surface area contributed by atoms with E-state index in [2.05, 4.69) is 15.3 Å². The molecule has 0 unspecified atom stereocenters. The van der Waals surface area contributed by atoms with Crippen molar-refractivity contribution in [3.05, 3.63) is 59.4 Å². The molecular weight excluding hydrogens is 316 g/mol. The van der Waals surface area contributed by atoms with Crippen molar-refractivity contribution in [1.82, 2.24) is 9.97 Å². The smallest absolute Gasteiger partial charge is 0.413 e. The third-order valence-corrected chi connectivity index (χ3v) is 3.35. The van der Waals surface area contributed by atoms with Crippen molar-refractivity contribution in [3.8, 4) is 0 Å². The van der Waals surface area contributed by atoms with Crippen LogP contribution in [-0.2, 0) is 11.3 Å². The predicted molar refractivity (Wildman–Crippen MR) is 89.2 cm³/mol. The fourth-order valence-electron chi connectivity index (χ4n) is 2.07. The maximum absolute atomic E-state index is 11.8. The van der Waals surface area contributed by atoms with Crippen LogP contribution in [0.2, 0.25) is 5.15 Å². The molecule has 0 atom stereocenters. The van der Waals surface area contributed by atoms with Gasteiger partial charge in [-0.2, -0.15) is 0 Å². The fourth-order valence-corrected chi connectivity index (χ4v) is 2.28. The number of halogens is 1. The van der Waals surface area contributed by atoms with E-state index in [0.29, 0.717) is 17.0 Å². The first-order chi connectivity index (χ1) is 11.1. The number of hydrogen-bond acceptors (Lipinski definition) is 5. The van der Waals surface area contributed by atoms with Gasteiger partial charge in [0.2, 0.25) is 0 Å². The van der Waals surface area contributed by atoms with Gasteiger partial charge in [0.05, 0.1) is 0 Å². The molecule has 3 aromatic rings. The zero-order chi connectivity index (χ0) is 16.2. The van der Waals surface area contributed by atoms with Gasteiger partial charge in [-0.05, 0) is 23.1 Å². The number of carbonyl (C=O) groups is 1. The minimum Gasteiger partial charge on any atom is -0.444 e. The van der Waals surface area contributed by atoms with E-state index in [4.69, 9.17) is 22.1 Å². The van der Waals surface area contributed by atoms with Gasteiger partial charge in [-0.3, -0.25) is 5.32 Å². The minimum atomic E-state index is -0.589. The van der Waals surface area contributed by atoms with E-state index in [1.165, 1.54) is 6.20 Å². The fraction of sp³-hybridized carbons (Fsp3) is 0.0625. The minimum absolute atomic E-state index is 0.183. The highest BCUT2D eigenvalue weighted by atomic mass is 35.5. The molecule has 0 aliphatic heterocycles. The molecule has 0 saturated heterocycles. The average molecular weight is 329 g/mol. The lowest BCUT2D eigenvalue weighted by Gasteiger charge is -2.08. The average Bonchev–Trinajstić information content (AvgIpc) is 2.53. The summed E-state index contributed by atoms with van der Waals surface area (Å²) in [4.78, 5) is 19.9. The molecule has 7 heteroatoms. The van der Waals surface area contributed by atoms with Gasteiger partial charge in [0, 0.05) is 11.6 Å². The van der Waals surface area contributed by atoms with Crippen molar-refractivity contribution in [1.29, 1.82) is 0 Å². The highest BCUT2D eigenvalue weighted by Crippen LogP contribution is 2.24. The lowest BCUT2D eigenvalue weighted by molar-refractivity contribution is 0.155. The van der Waals surface area contributed by atoms with Crippen molar-refractivity contribution < 1.29 is 9.53 Å². The molecule has 1 aromatic carbocycles. The number of hydrogen-bond donors (Lipinski definition) is 2. The summed E-state index contributed by atoms with van der Waals surface area (Å²) in [6.45, 7) is 0.183. The summed E-state index contributed by atoms with van der Waals surface area (Å²) in [6.07, 6.45) is 0.940. The first kappa shape index (κ1) is 15.1. The van der Waals surface area contributed by atoms with Crippen LogP contribution in [0.3, 0.4) is 0 Å². The summed E-state index contributed by atoms with van der Waals surface area (Å²) in [5.41, 5.74) is 6.68. The van der Waals surface area contributed by atoms with Gasteiger partial charge in [0.25, 0.3) is 0 Å². The van der Waals surface area contributed by atoms with E-state index in [-0.39, 0.29) is 11.8 Å². The number of benzene rings is 1. The Bertz CT molecular complexity index is 855. The van der Waals surface area contributed by atoms with Crippen LogP contribution in [0.25, 0.3) is 10.8 Å². The summed E-state index contributed by atoms with van der Waals surface area (Å²) >= 11 is 5.88. The van der Waals surface area contributed by atoms with E-state index in [9.17, 15) is 4.79 Å². The van der Waals surface area contributed by atoms with Crippen LogP contribution in [0.5, 0.6) is 0 Å². The van der Waals surface area contributed by atoms with Crippen molar-refractivity contribution in [2.45, 2.75) is 6.61 Å². The Balaban J connectivity index is 1.70. The second kappa shape index (κ2) is 6.50. The van der Waals surface area contributed by atoms with Gasteiger partial charge in [0.15, 0.2) is 0 Å². The van der Waals surface area contributed by atoms with Crippen LogP contribution in [-0.4, -0.2) is 16.1 Å². The van der Waals surface area contributed by atoms with E-state index in [1.807, 2.05) is 30.3 Å². The van der Waals surface area contributed by atoms with Crippen molar-refractivity contribution >= 4 is 40.1 Å². The van der Waals surface area contributed by atoms with Crippen LogP contribution in [0.15, 0.2) is 48.7 Å². The highest BCUT2D eigenvalue weighted by Gasteiger charge is 2.08. The zero-order valence-corrected chi connectivity index (χ0v) is 12.7. The molecule has 0 aliphatic carbocycles. The normalized spacial score (nSPS) is 10.5. The molecule has 1 amide bonds. The molecule has 0 bridgehead atoms. The van der Waals surface area contributed by atoms with Gasteiger partial charge in [-0.25, -0.2) is 14.8 Å². The summed E-state index contributed by atoms with van der Waals surface area (Å²) in [5, 5.41) is 4.24. The topological polar surface area (TPSA) is 90.1 Å². The molecule has 0 radical (unpaired) electrons. The number of nitrogens with zero attached hydrogens (tertiary/aromatic N) is 2. The number of rotatable bonds is 3. The quantitative estimate of drug-likeness (QED) is 0.717. The molecular formula is C16H13ClN4O2. The van der Waals surface area contributed by atoms with Gasteiger partial charge < -0.3 is 10.5 Å². The predicted octanol–water partition coefficient (Wildman–Crippen LogP) is 3.61. The Hall–Kier alpha value is -2.86. The lowest BCUT2D eigenvalue weighted by Crippen LogP contribution is -2.14. The second-order valence-corrected chi connectivity index (χ2v) is 5.19. The molecule has 0 spiro atoms. The highest BCUT2D eigenvalue weighted by molar-refractivity contribution is 6.30. The molecule has 2 aromatic heterocycles. The van der Waals surface area contributed by atoms with Gasteiger partial charge in [-0.15, -0.1) is 0 Å². The number of nitrogens with two attached hydrogens (primary N) is 1. The summed E-state index contributed by atoms with van der Waals surface area (Å²) in [7, 11) is 0. The zero-order valence-electron chi connectivity index (χ0n) is 12.0. The van der Waals surface area contributed by atoms with Crippen molar-refractivity contribution in [2.24, 2.45) is 0 Å². The third-order valence-electron chi connectivity index (χ3n) is 3.16. The molecule has 3 N–H and O–H groups in total. The van der Waals surface area contributed by atoms with Crippen LogP contribution in [0.4, 0.5) is 16.4 Å². The van der Waals surface area contributed by atoms with Gasteiger partial charge in [-0.1, -0.05) is 41.9 Å². The lowest BCUT2D eigenvalue weighted by atomic mass is 10.2. The number of fused-ring (bicyclic) bond motifs is 1. The number of carbonyl (C=O) groups excluding carboxylic acids is 1. The van der Waals surface area contributed by atoms with E-state index >= 15 is 0 Å². The Morgan fingerprint density at radius 3 is 2.83 bits per heavy atom. The van der Waals surface area contributed by atoms with Gasteiger partial charge >= 0.3 is 6.09 Å². The van der Waals surface area contributed by atoms with Gasteiger partial charge in [0.1, 0.15) is 23.4 Å². The number of ether oxygens (including phenoxy) is 1. The molecule has 2 heterocycles. The monoisotopic (exact) mass is 328 g/mol. The van der Waals surface area contributed by atoms with Crippen LogP contribution in [0, 0.1) is 0 Å². The van der Waals surface area contributed by atoms with Crippen LogP contribution in [0.1, 0.15) is 5.56 Å². The number of anilines is 2. The molecule has 0 fully saturated rings. The molecule has 3 rings (SSSR count). The number of nitrogen functional groups attached to an aromatic ring is 1. The Labute approximate surface area is 137 Å². The number of nitrogens with one attached hydrogen (secondary N) is 1. The van der Waals surface area contributed by atoms with E-state index in [0.717, 1.165) is 10.9 Å². The summed E-state index contributed by atoms with van der Waals surface area (Å²) in [6, 6.07) is 12.7. The van der Waals surface area contributed by atoms with E-state index in [1.54, 1.807) is 12.1 Å². The Morgan fingerprint density at radius 2 is 2.04 bits per heavy atom. The van der Waals surface area contributed by atoms with Crippen molar-refractivity contribution in [3.63, 3.8) is 0 Å². The second-order valence-electron chi connectivity index (χ2n) is 4.81. The van der Waals surface area contributed by atoms with Crippen molar-refractivity contribution in [2.75, 3.05) is 11.1 Å². The third kappa shape index (κ3) is 3.67. The largest absolute Gasteiger partial charge is 0.444 e. The summed E-state index contributed by atoms with van der Waals surface area (Å²) < 4.78 is 5.14. The Morgan fingerprint density at radius 1 is 1.26 bits per heavy atom. The first-order valence-electron chi connectivity index (χ1n) is 6.81. The SMILES string of the molecule is Nc1nc(Cl)cc2cc(NC(=O)OCc3ccccc3)ncc12. The maximum Gasteiger partial charge on any atom is 0.413 e. The Kier molecular flexibility index (Phi) is 4.25. The van der Waals surface area contributed by atoms with E-state index < -0.39 is 6.09 Å². The molecule has 0 saturated carbocycles. The number of amides is 1. The molecule has 0 aliphatic rings. The maximum atomic E-state index is 11.8. The standard InChI is InChI=1S/C16H13ClN4O2/c17-13-6-11-7-14(19-8-12(11)15(18)20-13)21-16(22)23-9-10-4-2-1-3-5-10/h1-8H,9H2,(H2,18,20)(H,19,21,22).